The molecule has 0 aliphatic heterocycles. The van der Waals surface area contributed by atoms with Crippen molar-refractivity contribution >= 4 is 5.97 Å². The predicted molar refractivity (Wildman–Crippen MR) is 66.9 cm³/mol. The molecule has 0 amide bonds. The molecule has 2 heteroatoms. The van der Waals surface area contributed by atoms with Crippen LogP contribution < -0.4 is 0 Å². The average Bonchev–Trinajstić information content (AvgIpc) is 2.31. The van der Waals surface area contributed by atoms with E-state index in [1.54, 1.807) is 0 Å². The Morgan fingerprint density at radius 3 is 2.75 bits per heavy atom. The second-order valence-corrected chi connectivity index (χ2v) is 3.60. The maximum atomic E-state index is 10.7. The molecule has 0 bridgehead atoms. The number of rotatable bonds is 7. The molecule has 0 unspecified atom stereocenters. The van der Waals surface area contributed by atoms with Crippen LogP contribution in [0, 0.1) is 11.8 Å². The van der Waals surface area contributed by atoms with Gasteiger partial charge in [0.05, 0.1) is 13.5 Å². The molecule has 0 heterocycles. The second kappa shape index (κ2) is 11.8. The van der Waals surface area contributed by atoms with E-state index in [9.17, 15) is 4.79 Å². The number of carbonyl (C=O) groups excluding carboxylic acids is 1. The number of esters is 1. The van der Waals surface area contributed by atoms with Gasteiger partial charge in [-0.05, 0) is 12.8 Å². The largest absolute Gasteiger partial charge is 0.469 e. The molecule has 0 aromatic rings. The second-order valence-electron chi connectivity index (χ2n) is 3.60. The summed E-state index contributed by atoms with van der Waals surface area (Å²) in [6.45, 7) is 2.20. The molecular formula is C14H22O2. The number of hydrogen-bond donors (Lipinski definition) is 0. The van der Waals surface area contributed by atoms with Crippen LogP contribution in [-0.2, 0) is 9.53 Å². The van der Waals surface area contributed by atoms with E-state index >= 15 is 0 Å². The van der Waals surface area contributed by atoms with Crippen LogP contribution in [0.5, 0.6) is 0 Å². The molecule has 0 spiro atoms. The highest BCUT2D eigenvalue weighted by atomic mass is 16.5. The summed E-state index contributed by atoms with van der Waals surface area (Å²) in [5, 5.41) is 0. The van der Waals surface area contributed by atoms with Crippen LogP contribution in [0.4, 0.5) is 0 Å². The lowest BCUT2D eigenvalue weighted by Gasteiger charge is -1.92. The van der Waals surface area contributed by atoms with E-state index < -0.39 is 0 Å². The molecule has 0 radical (unpaired) electrons. The van der Waals surface area contributed by atoms with Crippen LogP contribution in [-0.4, -0.2) is 13.1 Å². The third kappa shape index (κ3) is 10.8. The van der Waals surface area contributed by atoms with Crippen LogP contribution in [0.1, 0.15) is 51.9 Å². The normalized spacial score (nSPS) is 9.88. The van der Waals surface area contributed by atoms with E-state index in [2.05, 4.69) is 35.7 Å². The Morgan fingerprint density at radius 1 is 1.25 bits per heavy atom. The molecule has 0 aromatic heterocycles. The fourth-order valence-electron chi connectivity index (χ4n) is 1.20. The van der Waals surface area contributed by atoms with Crippen molar-refractivity contribution in [3.63, 3.8) is 0 Å². The van der Waals surface area contributed by atoms with Gasteiger partial charge in [0.2, 0.25) is 0 Å². The Bertz CT molecular complexity index is 256. The van der Waals surface area contributed by atoms with Gasteiger partial charge in [-0.3, -0.25) is 4.79 Å². The minimum atomic E-state index is -0.190. The minimum absolute atomic E-state index is 0.190. The molecule has 16 heavy (non-hydrogen) atoms. The van der Waals surface area contributed by atoms with E-state index in [1.807, 2.05) is 0 Å². The Morgan fingerprint density at radius 2 is 2.06 bits per heavy atom. The highest BCUT2D eigenvalue weighted by molar-refractivity contribution is 5.69. The first-order chi connectivity index (χ1) is 7.81. The number of ether oxygens (including phenoxy) is 1. The molecular weight excluding hydrogens is 200 g/mol. The van der Waals surface area contributed by atoms with E-state index in [1.165, 1.54) is 26.4 Å². The van der Waals surface area contributed by atoms with Gasteiger partial charge in [0.15, 0.2) is 0 Å². The summed E-state index contributed by atoms with van der Waals surface area (Å²) in [5.41, 5.74) is 0. The first-order valence-electron chi connectivity index (χ1n) is 5.98. The van der Waals surface area contributed by atoms with Crippen molar-refractivity contribution in [1.29, 1.82) is 0 Å². The van der Waals surface area contributed by atoms with Crippen LogP contribution in [0.25, 0.3) is 0 Å². The molecule has 90 valence electrons. The number of unbranched alkanes of at least 4 members (excludes halogenated alkanes) is 3. The van der Waals surface area contributed by atoms with Crippen molar-refractivity contribution in [3.8, 4) is 11.8 Å². The lowest BCUT2D eigenvalue weighted by Crippen LogP contribution is -1.98. The van der Waals surface area contributed by atoms with E-state index in [-0.39, 0.29) is 5.97 Å². The van der Waals surface area contributed by atoms with Crippen molar-refractivity contribution < 1.29 is 9.53 Å². The zero-order valence-electron chi connectivity index (χ0n) is 10.4. The van der Waals surface area contributed by atoms with Gasteiger partial charge >= 0.3 is 5.97 Å². The average molecular weight is 222 g/mol. The third-order valence-electron chi connectivity index (χ3n) is 2.17. The van der Waals surface area contributed by atoms with Crippen molar-refractivity contribution in [1.82, 2.24) is 0 Å². The Hall–Kier alpha value is -1.23. The molecule has 0 saturated heterocycles. The summed E-state index contributed by atoms with van der Waals surface area (Å²) in [6, 6.07) is 0. The highest BCUT2D eigenvalue weighted by Gasteiger charge is 1.94. The molecule has 0 aliphatic carbocycles. The lowest BCUT2D eigenvalue weighted by molar-refractivity contribution is -0.140. The quantitative estimate of drug-likeness (QED) is 0.285. The van der Waals surface area contributed by atoms with Crippen molar-refractivity contribution in [2.75, 3.05) is 7.11 Å². The zero-order valence-corrected chi connectivity index (χ0v) is 10.4. The fourth-order valence-corrected chi connectivity index (χ4v) is 1.20. The summed E-state index contributed by atoms with van der Waals surface area (Å²) in [5.74, 6) is 5.77. The Balaban J connectivity index is 3.36. The number of carbonyl (C=O) groups is 1. The van der Waals surface area contributed by atoms with Crippen LogP contribution in [0.15, 0.2) is 12.2 Å². The van der Waals surface area contributed by atoms with Gasteiger partial charge in [-0.1, -0.05) is 37.8 Å². The standard InChI is InChI=1S/C14H22O2/c1-3-4-5-6-7-8-9-10-11-12-13-14(15)16-2/h7-8H,3-6,9,12-13H2,1-2H3. The summed E-state index contributed by atoms with van der Waals surface area (Å²) >= 11 is 0. The molecule has 0 fully saturated rings. The highest BCUT2D eigenvalue weighted by Crippen LogP contribution is 1.99. The minimum Gasteiger partial charge on any atom is -0.469 e. The Kier molecular flexibility index (Phi) is 10.9. The Labute approximate surface area is 99.1 Å². The maximum absolute atomic E-state index is 10.7. The lowest BCUT2D eigenvalue weighted by atomic mass is 10.2. The van der Waals surface area contributed by atoms with Gasteiger partial charge in [0.1, 0.15) is 0 Å². The van der Waals surface area contributed by atoms with Gasteiger partial charge in [0, 0.05) is 12.8 Å². The van der Waals surface area contributed by atoms with Crippen molar-refractivity contribution in [3.05, 3.63) is 12.2 Å². The topological polar surface area (TPSA) is 26.3 Å². The van der Waals surface area contributed by atoms with Gasteiger partial charge in [0.25, 0.3) is 0 Å². The summed E-state index contributed by atoms with van der Waals surface area (Å²) in [7, 11) is 1.40. The summed E-state index contributed by atoms with van der Waals surface area (Å²) in [4.78, 5) is 10.7. The van der Waals surface area contributed by atoms with Crippen molar-refractivity contribution in [2.45, 2.75) is 51.9 Å². The first kappa shape index (κ1) is 14.8. The molecule has 0 saturated carbocycles. The molecule has 0 atom stereocenters. The first-order valence-corrected chi connectivity index (χ1v) is 5.98. The summed E-state index contributed by atoms with van der Waals surface area (Å²) in [6.07, 6.45) is 11.0. The number of hydrogen-bond acceptors (Lipinski definition) is 2. The van der Waals surface area contributed by atoms with E-state index in [4.69, 9.17) is 0 Å². The molecule has 0 rings (SSSR count). The molecule has 0 N–H and O–H groups in total. The maximum Gasteiger partial charge on any atom is 0.306 e. The number of allylic oxidation sites excluding steroid dienone is 2. The molecule has 0 aromatic carbocycles. The molecule has 2 nitrogen and oxygen atoms in total. The smallest absolute Gasteiger partial charge is 0.306 e. The fraction of sp³-hybridized carbons (Fsp3) is 0.643. The van der Waals surface area contributed by atoms with Crippen LogP contribution >= 0.6 is 0 Å². The van der Waals surface area contributed by atoms with Gasteiger partial charge in [-0.15, -0.1) is 5.92 Å². The van der Waals surface area contributed by atoms with Gasteiger partial charge in [-0.25, -0.2) is 0 Å². The van der Waals surface area contributed by atoms with Crippen LogP contribution in [0.2, 0.25) is 0 Å². The SMILES string of the molecule is CCCCCC=CCC#CCCC(=O)OC. The van der Waals surface area contributed by atoms with Crippen molar-refractivity contribution in [2.24, 2.45) is 0 Å². The van der Waals surface area contributed by atoms with Crippen LogP contribution in [0.3, 0.4) is 0 Å². The monoisotopic (exact) mass is 222 g/mol. The summed E-state index contributed by atoms with van der Waals surface area (Å²) < 4.78 is 4.51. The molecule has 0 aliphatic rings. The number of methoxy groups -OCH3 is 1. The van der Waals surface area contributed by atoms with E-state index in [0.717, 1.165) is 12.8 Å². The zero-order chi connectivity index (χ0) is 12.1. The third-order valence-corrected chi connectivity index (χ3v) is 2.17. The van der Waals surface area contributed by atoms with Gasteiger partial charge in [-0.2, -0.15) is 0 Å². The predicted octanol–water partition coefficient (Wildman–Crippen LogP) is 3.47. The van der Waals surface area contributed by atoms with E-state index in [0.29, 0.717) is 12.8 Å². The van der Waals surface area contributed by atoms with Gasteiger partial charge < -0.3 is 4.74 Å².